The molecule has 2 rings (SSSR count). The van der Waals surface area contributed by atoms with E-state index in [-0.39, 0.29) is 11.8 Å². The second-order valence-electron chi connectivity index (χ2n) is 4.52. The minimum absolute atomic E-state index is 0.0396. The molecule has 0 aromatic heterocycles. The van der Waals surface area contributed by atoms with Crippen LogP contribution in [0.25, 0.3) is 0 Å². The number of benzene rings is 1. The highest BCUT2D eigenvalue weighted by Crippen LogP contribution is 2.45. The molecule has 1 aliphatic rings. The molecule has 0 aliphatic carbocycles. The minimum atomic E-state index is -0.196. The van der Waals surface area contributed by atoms with Gasteiger partial charge in [-0.3, -0.25) is 4.79 Å². The lowest BCUT2D eigenvalue weighted by Gasteiger charge is -2.18. The zero-order chi connectivity index (χ0) is 14.7. The first-order valence-electron chi connectivity index (χ1n) is 6.40. The standard InChI is InChI=1S/C14H18ClNO4/c1-18-12-8(11(17)10-5-4-6-16-10)7-9(15)13(19-2)14(12)20-3/h7,10,16H,4-6H2,1-3H3. The lowest BCUT2D eigenvalue weighted by atomic mass is 10.0. The first-order chi connectivity index (χ1) is 9.63. The molecule has 1 unspecified atom stereocenters. The number of Topliss-reactive ketones (excluding diaryl/α,β-unsaturated/α-hetero) is 1. The van der Waals surface area contributed by atoms with Crippen molar-refractivity contribution in [2.24, 2.45) is 0 Å². The number of hydrogen-bond acceptors (Lipinski definition) is 5. The Balaban J connectivity index is 2.51. The third-order valence-electron chi connectivity index (χ3n) is 3.40. The van der Waals surface area contributed by atoms with Gasteiger partial charge in [0.15, 0.2) is 17.3 Å². The predicted molar refractivity (Wildman–Crippen MR) is 76.5 cm³/mol. The largest absolute Gasteiger partial charge is 0.492 e. The Hall–Kier alpha value is -1.46. The molecule has 110 valence electrons. The zero-order valence-electron chi connectivity index (χ0n) is 11.8. The number of carbonyl (C=O) groups excluding carboxylic acids is 1. The summed E-state index contributed by atoms with van der Waals surface area (Å²) in [4.78, 5) is 12.5. The molecular formula is C14H18ClNO4. The predicted octanol–water partition coefficient (Wildman–Crippen LogP) is 2.30. The number of ketones is 1. The fraction of sp³-hybridized carbons (Fsp3) is 0.500. The van der Waals surface area contributed by atoms with Crippen molar-refractivity contribution >= 4 is 17.4 Å². The second kappa shape index (κ2) is 6.33. The van der Waals surface area contributed by atoms with E-state index in [1.807, 2.05) is 0 Å². The molecule has 0 amide bonds. The van der Waals surface area contributed by atoms with Crippen LogP contribution >= 0.6 is 11.6 Å². The topological polar surface area (TPSA) is 56.8 Å². The maximum Gasteiger partial charge on any atom is 0.205 e. The molecule has 5 nitrogen and oxygen atoms in total. The van der Waals surface area contributed by atoms with Crippen molar-refractivity contribution in [1.29, 1.82) is 0 Å². The smallest absolute Gasteiger partial charge is 0.205 e. The molecule has 1 fully saturated rings. The summed E-state index contributed by atoms with van der Waals surface area (Å²) in [5.41, 5.74) is 0.412. The third kappa shape index (κ3) is 2.55. The highest BCUT2D eigenvalue weighted by molar-refractivity contribution is 6.33. The van der Waals surface area contributed by atoms with Crippen LogP contribution in [-0.2, 0) is 0 Å². The highest BCUT2D eigenvalue weighted by Gasteiger charge is 2.29. The van der Waals surface area contributed by atoms with E-state index in [0.29, 0.717) is 27.8 Å². The van der Waals surface area contributed by atoms with Crippen LogP contribution in [0.15, 0.2) is 6.07 Å². The molecule has 1 aliphatic heterocycles. The fourth-order valence-corrected chi connectivity index (χ4v) is 2.72. The van der Waals surface area contributed by atoms with Gasteiger partial charge in [0.1, 0.15) is 0 Å². The Labute approximate surface area is 123 Å². The summed E-state index contributed by atoms with van der Waals surface area (Å²) in [6, 6.07) is 1.38. The van der Waals surface area contributed by atoms with Gasteiger partial charge >= 0.3 is 0 Å². The van der Waals surface area contributed by atoms with Gasteiger partial charge in [0.2, 0.25) is 5.75 Å². The van der Waals surface area contributed by atoms with E-state index in [4.69, 9.17) is 25.8 Å². The van der Waals surface area contributed by atoms with E-state index in [2.05, 4.69) is 5.32 Å². The van der Waals surface area contributed by atoms with Crippen molar-refractivity contribution in [2.45, 2.75) is 18.9 Å². The van der Waals surface area contributed by atoms with E-state index in [9.17, 15) is 4.79 Å². The van der Waals surface area contributed by atoms with E-state index in [0.717, 1.165) is 19.4 Å². The Morgan fingerprint density at radius 1 is 1.20 bits per heavy atom. The molecule has 1 heterocycles. The molecule has 1 aromatic rings. The molecule has 0 radical (unpaired) electrons. The van der Waals surface area contributed by atoms with Crippen molar-refractivity contribution in [2.75, 3.05) is 27.9 Å². The van der Waals surface area contributed by atoms with Gasteiger partial charge in [-0.15, -0.1) is 0 Å². The maximum absolute atomic E-state index is 12.5. The minimum Gasteiger partial charge on any atom is -0.492 e. The van der Waals surface area contributed by atoms with Crippen LogP contribution in [0.4, 0.5) is 0 Å². The molecule has 0 spiro atoms. The Bertz CT molecular complexity index is 512. The average Bonchev–Trinajstić information content (AvgIpc) is 2.99. The number of carbonyl (C=O) groups is 1. The monoisotopic (exact) mass is 299 g/mol. The van der Waals surface area contributed by atoms with E-state index in [1.54, 1.807) is 6.07 Å². The Morgan fingerprint density at radius 2 is 1.85 bits per heavy atom. The fourth-order valence-electron chi connectivity index (χ4n) is 2.45. The van der Waals surface area contributed by atoms with Gasteiger partial charge in [0, 0.05) is 0 Å². The molecule has 1 atom stereocenters. The van der Waals surface area contributed by atoms with Gasteiger partial charge in [0.05, 0.1) is 38.0 Å². The van der Waals surface area contributed by atoms with Crippen LogP contribution in [0.1, 0.15) is 23.2 Å². The quantitative estimate of drug-likeness (QED) is 0.846. The molecule has 1 aromatic carbocycles. The molecule has 0 bridgehead atoms. The van der Waals surface area contributed by atoms with Gasteiger partial charge < -0.3 is 19.5 Å². The van der Waals surface area contributed by atoms with Crippen molar-refractivity contribution in [3.63, 3.8) is 0 Å². The highest BCUT2D eigenvalue weighted by atomic mass is 35.5. The van der Waals surface area contributed by atoms with Crippen LogP contribution in [0, 0.1) is 0 Å². The van der Waals surface area contributed by atoms with Crippen molar-refractivity contribution in [3.8, 4) is 17.2 Å². The first-order valence-corrected chi connectivity index (χ1v) is 6.77. The number of rotatable bonds is 5. The van der Waals surface area contributed by atoms with E-state index in [1.165, 1.54) is 21.3 Å². The molecule has 1 saturated heterocycles. The van der Waals surface area contributed by atoms with Gasteiger partial charge in [-0.25, -0.2) is 0 Å². The van der Waals surface area contributed by atoms with E-state index >= 15 is 0 Å². The average molecular weight is 300 g/mol. The molecular weight excluding hydrogens is 282 g/mol. The summed E-state index contributed by atoms with van der Waals surface area (Å²) >= 11 is 6.16. The Morgan fingerprint density at radius 3 is 2.35 bits per heavy atom. The molecule has 20 heavy (non-hydrogen) atoms. The first kappa shape index (κ1) is 14.9. The molecule has 1 N–H and O–H groups in total. The summed E-state index contributed by atoms with van der Waals surface area (Å²) in [7, 11) is 4.46. The number of ether oxygens (including phenoxy) is 3. The van der Waals surface area contributed by atoms with E-state index < -0.39 is 0 Å². The third-order valence-corrected chi connectivity index (χ3v) is 3.68. The number of hydrogen-bond donors (Lipinski definition) is 1. The second-order valence-corrected chi connectivity index (χ2v) is 4.93. The summed E-state index contributed by atoms with van der Waals surface area (Å²) in [6.07, 6.45) is 1.80. The summed E-state index contributed by atoms with van der Waals surface area (Å²) < 4.78 is 15.8. The van der Waals surface area contributed by atoms with Crippen LogP contribution in [0.5, 0.6) is 17.2 Å². The Kier molecular flexibility index (Phi) is 4.73. The molecule has 6 heteroatoms. The van der Waals surface area contributed by atoms with Crippen LogP contribution in [-0.4, -0.2) is 39.7 Å². The zero-order valence-corrected chi connectivity index (χ0v) is 12.5. The van der Waals surface area contributed by atoms with Crippen molar-refractivity contribution in [1.82, 2.24) is 5.32 Å². The summed E-state index contributed by atoms with van der Waals surface area (Å²) in [5, 5.41) is 3.50. The van der Waals surface area contributed by atoms with Gasteiger partial charge in [-0.2, -0.15) is 0 Å². The van der Waals surface area contributed by atoms with Gasteiger partial charge in [0.25, 0.3) is 0 Å². The van der Waals surface area contributed by atoms with Crippen LogP contribution in [0.2, 0.25) is 5.02 Å². The normalized spacial score (nSPS) is 17.9. The van der Waals surface area contributed by atoms with Crippen LogP contribution < -0.4 is 19.5 Å². The number of halogens is 1. The number of nitrogens with one attached hydrogen (secondary N) is 1. The van der Waals surface area contributed by atoms with Gasteiger partial charge in [-0.05, 0) is 25.5 Å². The lowest BCUT2D eigenvalue weighted by molar-refractivity contribution is 0.0948. The van der Waals surface area contributed by atoms with Crippen molar-refractivity contribution in [3.05, 3.63) is 16.7 Å². The van der Waals surface area contributed by atoms with Gasteiger partial charge in [-0.1, -0.05) is 11.6 Å². The van der Waals surface area contributed by atoms with Crippen molar-refractivity contribution < 1.29 is 19.0 Å². The summed E-state index contributed by atoms with van der Waals surface area (Å²) in [5.74, 6) is 1.01. The summed E-state index contributed by atoms with van der Waals surface area (Å²) in [6.45, 7) is 0.847. The SMILES string of the molecule is COc1c(Cl)cc(C(=O)C2CCCN2)c(OC)c1OC. The molecule has 0 saturated carbocycles. The lowest BCUT2D eigenvalue weighted by Crippen LogP contribution is -2.31. The van der Waals surface area contributed by atoms with Crippen LogP contribution in [0.3, 0.4) is 0 Å². The maximum atomic E-state index is 12.5. The number of methoxy groups -OCH3 is 3.